The summed E-state index contributed by atoms with van der Waals surface area (Å²) in [5.74, 6) is 0.742. The standard InChI is InChI=1S/C13H19ClO2/c1-7(15)6-11-8(2)9(3)13(16-5)12(14)10(11)4/h7,15H,6H2,1-5H3. The fourth-order valence-corrected chi connectivity index (χ4v) is 2.32. The predicted molar refractivity (Wildman–Crippen MR) is 67.6 cm³/mol. The molecular formula is C13H19ClO2. The van der Waals surface area contributed by atoms with Gasteiger partial charge in [-0.15, -0.1) is 0 Å². The fraction of sp³-hybridized carbons (Fsp3) is 0.538. The molecule has 0 bridgehead atoms. The Morgan fingerprint density at radius 3 is 2.19 bits per heavy atom. The minimum atomic E-state index is -0.360. The maximum Gasteiger partial charge on any atom is 0.140 e. The first-order valence-corrected chi connectivity index (χ1v) is 5.78. The van der Waals surface area contributed by atoms with Crippen molar-refractivity contribution in [3.8, 4) is 5.75 Å². The molecule has 90 valence electrons. The number of ether oxygens (including phenoxy) is 1. The topological polar surface area (TPSA) is 29.5 Å². The largest absolute Gasteiger partial charge is 0.495 e. The van der Waals surface area contributed by atoms with E-state index in [1.807, 2.05) is 20.8 Å². The Hall–Kier alpha value is -0.730. The Kier molecular flexibility index (Phi) is 4.22. The molecule has 0 aliphatic carbocycles. The summed E-state index contributed by atoms with van der Waals surface area (Å²) < 4.78 is 5.30. The highest BCUT2D eigenvalue weighted by Gasteiger charge is 2.17. The third-order valence-corrected chi connectivity index (χ3v) is 3.50. The van der Waals surface area contributed by atoms with Crippen LogP contribution in [0, 0.1) is 20.8 Å². The van der Waals surface area contributed by atoms with Crippen molar-refractivity contribution in [2.45, 2.75) is 40.2 Å². The zero-order valence-electron chi connectivity index (χ0n) is 10.5. The molecule has 1 unspecified atom stereocenters. The lowest BCUT2D eigenvalue weighted by Crippen LogP contribution is -2.09. The van der Waals surface area contributed by atoms with Crippen LogP contribution in [0.15, 0.2) is 0 Å². The van der Waals surface area contributed by atoms with Crippen LogP contribution in [0.3, 0.4) is 0 Å². The molecule has 3 heteroatoms. The number of aliphatic hydroxyl groups excluding tert-OH is 1. The third-order valence-electron chi connectivity index (χ3n) is 3.04. The summed E-state index contributed by atoms with van der Waals surface area (Å²) >= 11 is 6.25. The molecule has 0 radical (unpaired) electrons. The van der Waals surface area contributed by atoms with E-state index in [1.165, 1.54) is 0 Å². The van der Waals surface area contributed by atoms with E-state index in [1.54, 1.807) is 14.0 Å². The number of benzene rings is 1. The van der Waals surface area contributed by atoms with Gasteiger partial charge in [-0.05, 0) is 56.4 Å². The van der Waals surface area contributed by atoms with Crippen molar-refractivity contribution >= 4 is 11.6 Å². The van der Waals surface area contributed by atoms with Crippen molar-refractivity contribution in [3.05, 3.63) is 27.3 Å². The Bertz CT molecular complexity index is 368. The van der Waals surface area contributed by atoms with Crippen LogP contribution in [-0.4, -0.2) is 18.3 Å². The van der Waals surface area contributed by atoms with E-state index in [0.29, 0.717) is 11.4 Å². The Morgan fingerprint density at radius 1 is 1.19 bits per heavy atom. The second-order valence-electron chi connectivity index (χ2n) is 4.25. The molecule has 16 heavy (non-hydrogen) atoms. The zero-order chi connectivity index (χ0) is 12.5. The number of hydrogen-bond donors (Lipinski definition) is 1. The fourth-order valence-electron chi connectivity index (χ4n) is 1.99. The molecule has 0 amide bonds. The first-order valence-electron chi connectivity index (χ1n) is 5.40. The Labute approximate surface area is 102 Å². The quantitative estimate of drug-likeness (QED) is 0.882. The highest BCUT2D eigenvalue weighted by molar-refractivity contribution is 6.33. The van der Waals surface area contributed by atoms with E-state index in [2.05, 4.69) is 0 Å². The summed E-state index contributed by atoms with van der Waals surface area (Å²) in [7, 11) is 1.63. The minimum Gasteiger partial charge on any atom is -0.495 e. The van der Waals surface area contributed by atoms with Gasteiger partial charge in [0.25, 0.3) is 0 Å². The second-order valence-corrected chi connectivity index (χ2v) is 4.63. The lowest BCUT2D eigenvalue weighted by molar-refractivity contribution is 0.195. The molecule has 0 spiro atoms. The van der Waals surface area contributed by atoms with Crippen LogP contribution in [-0.2, 0) is 6.42 Å². The number of aliphatic hydroxyl groups is 1. The summed E-state index contributed by atoms with van der Waals surface area (Å²) in [6.45, 7) is 7.78. The van der Waals surface area contributed by atoms with Gasteiger partial charge in [0.1, 0.15) is 5.75 Å². The van der Waals surface area contributed by atoms with Crippen molar-refractivity contribution in [1.82, 2.24) is 0 Å². The average molecular weight is 243 g/mol. The predicted octanol–water partition coefficient (Wildman–Crippen LogP) is 3.20. The van der Waals surface area contributed by atoms with Gasteiger partial charge in [0.05, 0.1) is 18.2 Å². The van der Waals surface area contributed by atoms with Crippen LogP contribution in [0.4, 0.5) is 0 Å². The van der Waals surface area contributed by atoms with Crippen molar-refractivity contribution in [3.63, 3.8) is 0 Å². The molecule has 2 nitrogen and oxygen atoms in total. The molecule has 1 aromatic carbocycles. The lowest BCUT2D eigenvalue weighted by atomic mass is 9.93. The minimum absolute atomic E-state index is 0.360. The Morgan fingerprint density at radius 2 is 1.75 bits per heavy atom. The van der Waals surface area contributed by atoms with Gasteiger partial charge in [-0.3, -0.25) is 0 Å². The summed E-state index contributed by atoms with van der Waals surface area (Å²) in [4.78, 5) is 0. The second kappa shape index (κ2) is 5.07. The number of halogens is 1. The molecule has 1 atom stereocenters. The maximum absolute atomic E-state index is 9.49. The van der Waals surface area contributed by atoms with Crippen LogP contribution < -0.4 is 4.74 Å². The first kappa shape index (κ1) is 13.3. The van der Waals surface area contributed by atoms with E-state index in [9.17, 15) is 5.11 Å². The molecule has 0 aromatic heterocycles. The van der Waals surface area contributed by atoms with E-state index >= 15 is 0 Å². The molecule has 1 rings (SSSR count). The van der Waals surface area contributed by atoms with Gasteiger partial charge in [-0.2, -0.15) is 0 Å². The number of rotatable bonds is 3. The van der Waals surface area contributed by atoms with E-state index in [0.717, 1.165) is 28.0 Å². The van der Waals surface area contributed by atoms with Crippen LogP contribution in [0.5, 0.6) is 5.75 Å². The summed E-state index contributed by atoms with van der Waals surface area (Å²) in [5.41, 5.74) is 4.33. The van der Waals surface area contributed by atoms with Gasteiger partial charge in [0, 0.05) is 0 Å². The number of hydrogen-bond acceptors (Lipinski definition) is 2. The third kappa shape index (κ3) is 2.33. The van der Waals surface area contributed by atoms with Crippen LogP contribution >= 0.6 is 11.6 Å². The molecule has 1 aromatic rings. The molecule has 1 N–H and O–H groups in total. The molecular weight excluding hydrogens is 224 g/mol. The molecule has 0 saturated heterocycles. The van der Waals surface area contributed by atoms with E-state index in [-0.39, 0.29) is 6.10 Å². The van der Waals surface area contributed by atoms with Crippen molar-refractivity contribution in [2.75, 3.05) is 7.11 Å². The molecule has 0 saturated carbocycles. The maximum atomic E-state index is 9.49. The van der Waals surface area contributed by atoms with E-state index < -0.39 is 0 Å². The molecule has 0 aliphatic heterocycles. The van der Waals surface area contributed by atoms with Gasteiger partial charge in [-0.25, -0.2) is 0 Å². The van der Waals surface area contributed by atoms with Crippen LogP contribution in [0.25, 0.3) is 0 Å². The van der Waals surface area contributed by atoms with Gasteiger partial charge in [0.15, 0.2) is 0 Å². The molecule has 0 heterocycles. The average Bonchev–Trinajstić information content (AvgIpc) is 2.22. The SMILES string of the molecule is COc1c(C)c(C)c(CC(C)O)c(C)c1Cl. The first-order chi connectivity index (χ1) is 7.40. The zero-order valence-corrected chi connectivity index (χ0v) is 11.3. The van der Waals surface area contributed by atoms with Crippen LogP contribution in [0.1, 0.15) is 29.2 Å². The van der Waals surface area contributed by atoms with Crippen LogP contribution in [0.2, 0.25) is 5.02 Å². The normalized spacial score (nSPS) is 12.7. The van der Waals surface area contributed by atoms with Crippen molar-refractivity contribution in [1.29, 1.82) is 0 Å². The van der Waals surface area contributed by atoms with Gasteiger partial charge >= 0.3 is 0 Å². The highest BCUT2D eigenvalue weighted by atomic mass is 35.5. The smallest absolute Gasteiger partial charge is 0.140 e. The highest BCUT2D eigenvalue weighted by Crippen LogP contribution is 2.37. The van der Waals surface area contributed by atoms with Crippen molar-refractivity contribution in [2.24, 2.45) is 0 Å². The monoisotopic (exact) mass is 242 g/mol. The van der Waals surface area contributed by atoms with Gasteiger partial charge < -0.3 is 9.84 Å². The summed E-state index contributed by atoms with van der Waals surface area (Å²) in [5, 5.41) is 10.1. The Balaban J connectivity index is 3.41. The van der Waals surface area contributed by atoms with Gasteiger partial charge in [-0.1, -0.05) is 11.6 Å². The molecule has 0 fully saturated rings. The van der Waals surface area contributed by atoms with Gasteiger partial charge in [0.2, 0.25) is 0 Å². The molecule has 0 aliphatic rings. The summed E-state index contributed by atoms with van der Waals surface area (Å²) in [6, 6.07) is 0. The summed E-state index contributed by atoms with van der Waals surface area (Å²) in [6.07, 6.45) is 0.267. The lowest BCUT2D eigenvalue weighted by Gasteiger charge is -2.19. The van der Waals surface area contributed by atoms with E-state index in [4.69, 9.17) is 16.3 Å². The number of methoxy groups -OCH3 is 1. The van der Waals surface area contributed by atoms with Crippen molar-refractivity contribution < 1.29 is 9.84 Å².